The smallest absolute Gasteiger partial charge is 0.397 e. The highest BCUT2D eigenvalue weighted by atomic mass is 19.4. The molecule has 0 atom stereocenters. The normalized spacial score (nSPS) is 24.3. The van der Waals surface area contributed by atoms with Gasteiger partial charge in [-0.25, -0.2) is 0 Å². The third-order valence-electron chi connectivity index (χ3n) is 6.52. The summed E-state index contributed by atoms with van der Waals surface area (Å²) in [7, 11) is 0. The third-order valence-corrected chi connectivity index (χ3v) is 6.52. The highest BCUT2D eigenvalue weighted by Gasteiger charge is 2.33. The van der Waals surface area contributed by atoms with Gasteiger partial charge < -0.3 is 19.7 Å². The van der Waals surface area contributed by atoms with Crippen LogP contribution in [0, 0.1) is 5.92 Å². The molecule has 1 saturated heterocycles. The highest BCUT2D eigenvalue weighted by Crippen LogP contribution is 2.41. The summed E-state index contributed by atoms with van der Waals surface area (Å²) in [5.74, 6) is 1.33. The quantitative estimate of drug-likeness (QED) is 0.732. The van der Waals surface area contributed by atoms with Crippen molar-refractivity contribution in [3.63, 3.8) is 0 Å². The van der Waals surface area contributed by atoms with Crippen molar-refractivity contribution >= 4 is 11.6 Å². The molecule has 172 valence electrons. The Bertz CT molecular complexity index is 758. The molecule has 1 aromatic carbocycles. The van der Waals surface area contributed by atoms with E-state index in [9.17, 15) is 18.0 Å². The van der Waals surface area contributed by atoms with Crippen molar-refractivity contribution in [2.45, 2.75) is 50.7 Å². The van der Waals surface area contributed by atoms with Crippen molar-refractivity contribution in [1.82, 2.24) is 10.2 Å². The lowest BCUT2D eigenvalue weighted by molar-refractivity contribution is -0.154. The molecule has 2 fully saturated rings. The summed E-state index contributed by atoms with van der Waals surface area (Å²) in [6.07, 6.45) is -1.27. The molecule has 1 amide bonds. The Morgan fingerprint density at radius 1 is 1.06 bits per heavy atom. The number of benzene rings is 1. The van der Waals surface area contributed by atoms with Gasteiger partial charge in [0.2, 0.25) is 12.7 Å². The molecule has 0 unspecified atom stereocenters. The Kier molecular flexibility index (Phi) is 6.79. The molecule has 0 aromatic heterocycles. The Hall–Kier alpha value is -2.16. The average Bonchev–Trinajstić information content (AvgIpc) is 3.21. The zero-order chi connectivity index (χ0) is 21.8. The molecule has 2 heterocycles. The summed E-state index contributed by atoms with van der Waals surface area (Å²) in [6.45, 7) is 5.19. The van der Waals surface area contributed by atoms with Crippen LogP contribution in [0.3, 0.4) is 0 Å². The van der Waals surface area contributed by atoms with Gasteiger partial charge in [0.15, 0.2) is 11.5 Å². The van der Waals surface area contributed by atoms with Crippen LogP contribution in [0.4, 0.5) is 18.9 Å². The van der Waals surface area contributed by atoms with Gasteiger partial charge in [-0.3, -0.25) is 9.69 Å². The number of halogens is 3. The number of para-hydroxylation sites is 1. The maximum atomic E-state index is 12.3. The molecular weight excluding hydrogens is 411 g/mol. The summed E-state index contributed by atoms with van der Waals surface area (Å²) < 4.78 is 48.0. The van der Waals surface area contributed by atoms with Crippen LogP contribution in [0.2, 0.25) is 0 Å². The molecule has 6 nitrogen and oxygen atoms in total. The van der Waals surface area contributed by atoms with Crippen molar-refractivity contribution in [2.24, 2.45) is 5.92 Å². The molecule has 1 aliphatic carbocycles. The Balaban J connectivity index is 1.15. The molecule has 0 spiro atoms. The van der Waals surface area contributed by atoms with Gasteiger partial charge in [0.05, 0.1) is 5.69 Å². The molecule has 0 radical (unpaired) electrons. The Morgan fingerprint density at radius 3 is 2.52 bits per heavy atom. The largest absolute Gasteiger partial charge is 0.454 e. The number of anilines is 1. The number of ether oxygens (including phenoxy) is 2. The topological polar surface area (TPSA) is 54.0 Å². The van der Waals surface area contributed by atoms with Crippen LogP contribution in [-0.4, -0.2) is 62.5 Å². The van der Waals surface area contributed by atoms with Gasteiger partial charge >= 0.3 is 6.18 Å². The molecule has 9 heteroatoms. The van der Waals surface area contributed by atoms with E-state index in [1.165, 1.54) is 0 Å². The van der Waals surface area contributed by atoms with Gasteiger partial charge in [0.25, 0.3) is 0 Å². The number of amides is 1. The summed E-state index contributed by atoms with van der Waals surface area (Å²) in [6, 6.07) is 5.89. The van der Waals surface area contributed by atoms with Crippen LogP contribution in [0.5, 0.6) is 11.5 Å². The maximum Gasteiger partial charge on any atom is 0.397 e. The van der Waals surface area contributed by atoms with Gasteiger partial charge in [0, 0.05) is 32.2 Å². The van der Waals surface area contributed by atoms with Gasteiger partial charge in [-0.1, -0.05) is 6.07 Å². The lowest BCUT2D eigenvalue weighted by Crippen LogP contribution is -2.47. The summed E-state index contributed by atoms with van der Waals surface area (Å²) in [4.78, 5) is 16.3. The first-order chi connectivity index (χ1) is 14.9. The fourth-order valence-corrected chi connectivity index (χ4v) is 4.80. The molecule has 1 N–H and O–H groups in total. The highest BCUT2D eigenvalue weighted by molar-refractivity contribution is 5.76. The van der Waals surface area contributed by atoms with Crippen LogP contribution in [0.15, 0.2) is 18.2 Å². The minimum atomic E-state index is -4.44. The molecule has 4 rings (SSSR count). The number of hydrogen-bond donors (Lipinski definition) is 1. The number of rotatable bonds is 6. The maximum absolute atomic E-state index is 12.3. The van der Waals surface area contributed by atoms with Crippen LogP contribution in [0.1, 0.15) is 38.5 Å². The zero-order valence-electron chi connectivity index (χ0n) is 17.6. The summed E-state index contributed by atoms with van der Waals surface area (Å²) in [5.41, 5.74) is 1.10. The standard InChI is InChI=1S/C22H30F3N3O3/c23-22(24,25)14-20(29)26-17-6-4-16(5-7-17)8-9-27-10-12-28(13-11-27)18-2-1-3-19-21(18)31-15-30-19/h1-3,16-17H,4-15H2,(H,26,29)/t16-,17-. The van der Waals surface area contributed by atoms with Crippen LogP contribution in [-0.2, 0) is 4.79 Å². The zero-order valence-corrected chi connectivity index (χ0v) is 17.6. The first-order valence-electron chi connectivity index (χ1n) is 11.1. The second-order valence-corrected chi connectivity index (χ2v) is 8.71. The number of nitrogens with zero attached hydrogens (tertiary/aromatic N) is 2. The van der Waals surface area contributed by atoms with Gasteiger partial charge in [-0.15, -0.1) is 0 Å². The van der Waals surface area contributed by atoms with Crippen molar-refractivity contribution in [3.05, 3.63) is 18.2 Å². The van der Waals surface area contributed by atoms with E-state index in [0.717, 1.165) is 82.0 Å². The van der Waals surface area contributed by atoms with Crippen molar-refractivity contribution in [2.75, 3.05) is 44.4 Å². The Labute approximate surface area is 180 Å². The van der Waals surface area contributed by atoms with E-state index in [4.69, 9.17) is 9.47 Å². The van der Waals surface area contributed by atoms with E-state index in [-0.39, 0.29) is 12.8 Å². The number of piperazine rings is 1. The molecule has 31 heavy (non-hydrogen) atoms. The van der Waals surface area contributed by atoms with Gasteiger partial charge in [-0.2, -0.15) is 13.2 Å². The predicted octanol–water partition coefficient (Wildman–Crippen LogP) is 3.55. The molecule has 2 aliphatic heterocycles. The van der Waals surface area contributed by atoms with E-state index in [2.05, 4.69) is 21.2 Å². The molecule has 1 aromatic rings. The number of fused-ring (bicyclic) bond motifs is 1. The van der Waals surface area contributed by atoms with Gasteiger partial charge in [0.1, 0.15) is 6.42 Å². The SMILES string of the molecule is O=C(CC(F)(F)F)N[C@H]1CC[C@H](CCN2CCN(c3cccc4c3OCO4)CC2)CC1. The Morgan fingerprint density at radius 2 is 1.81 bits per heavy atom. The lowest BCUT2D eigenvalue weighted by Gasteiger charge is -2.37. The summed E-state index contributed by atoms with van der Waals surface area (Å²) >= 11 is 0. The number of alkyl halides is 3. The monoisotopic (exact) mass is 441 g/mol. The fourth-order valence-electron chi connectivity index (χ4n) is 4.80. The molecule has 1 saturated carbocycles. The van der Waals surface area contributed by atoms with E-state index in [1.807, 2.05) is 12.1 Å². The second-order valence-electron chi connectivity index (χ2n) is 8.71. The van der Waals surface area contributed by atoms with E-state index < -0.39 is 18.5 Å². The van der Waals surface area contributed by atoms with E-state index >= 15 is 0 Å². The first-order valence-corrected chi connectivity index (χ1v) is 11.1. The third kappa shape index (κ3) is 5.96. The van der Waals surface area contributed by atoms with Crippen molar-refractivity contribution in [1.29, 1.82) is 0 Å². The lowest BCUT2D eigenvalue weighted by atomic mass is 9.84. The fraction of sp³-hybridized carbons (Fsp3) is 0.682. The van der Waals surface area contributed by atoms with Crippen molar-refractivity contribution < 1.29 is 27.4 Å². The van der Waals surface area contributed by atoms with Crippen molar-refractivity contribution in [3.8, 4) is 11.5 Å². The van der Waals surface area contributed by atoms with Gasteiger partial charge in [-0.05, 0) is 56.7 Å². The van der Waals surface area contributed by atoms with Crippen LogP contribution < -0.4 is 19.7 Å². The molecular formula is C22H30F3N3O3. The predicted molar refractivity (Wildman–Crippen MR) is 110 cm³/mol. The number of nitrogens with one attached hydrogen (secondary N) is 1. The molecule has 3 aliphatic rings. The van der Waals surface area contributed by atoms with Crippen LogP contribution in [0.25, 0.3) is 0 Å². The number of hydrogen-bond acceptors (Lipinski definition) is 5. The minimum absolute atomic E-state index is 0.117. The second kappa shape index (κ2) is 9.54. The van der Waals surface area contributed by atoms with Crippen LogP contribution >= 0.6 is 0 Å². The van der Waals surface area contributed by atoms with E-state index in [1.54, 1.807) is 0 Å². The number of carbonyl (C=O) groups excluding carboxylic acids is 1. The number of carbonyl (C=O) groups is 1. The molecule has 0 bridgehead atoms. The minimum Gasteiger partial charge on any atom is -0.454 e. The van der Waals surface area contributed by atoms with E-state index in [0.29, 0.717) is 5.92 Å². The first kappa shape index (κ1) is 22.0. The average molecular weight is 441 g/mol. The summed E-state index contributed by atoms with van der Waals surface area (Å²) in [5, 5.41) is 2.55.